The fraction of sp³-hybridized carbons (Fsp3) is 0.444. The first-order valence-electron chi connectivity index (χ1n) is 8.19. The number of pyridine rings is 1. The number of aromatic nitrogens is 2. The summed E-state index contributed by atoms with van der Waals surface area (Å²) >= 11 is 1.27. The van der Waals surface area contributed by atoms with E-state index >= 15 is 0 Å². The van der Waals surface area contributed by atoms with Crippen LogP contribution in [0.25, 0.3) is 0 Å². The first kappa shape index (κ1) is 17.0. The van der Waals surface area contributed by atoms with Crippen LogP contribution in [-0.2, 0) is 11.3 Å². The van der Waals surface area contributed by atoms with Gasteiger partial charge < -0.3 is 14.5 Å². The van der Waals surface area contributed by atoms with Crippen molar-refractivity contribution in [2.24, 2.45) is 0 Å². The zero-order valence-corrected chi connectivity index (χ0v) is 14.8. The molecule has 1 saturated heterocycles. The summed E-state index contributed by atoms with van der Waals surface area (Å²) < 4.78 is 8.67. The number of thioether (sulfide) groups is 1. The SMILES string of the molecule is Cc1cc(C(=O)CSc2cccc[n+]2[O-])c(C)n1C[C@@H]1CCCO1. The van der Waals surface area contributed by atoms with Gasteiger partial charge in [-0.05, 0) is 50.6 Å². The van der Waals surface area contributed by atoms with Gasteiger partial charge in [-0.25, -0.2) is 0 Å². The lowest BCUT2D eigenvalue weighted by Gasteiger charge is -2.14. The summed E-state index contributed by atoms with van der Waals surface area (Å²) in [7, 11) is 0. The summed E-state index contributed by atoms with van der Waals surface area (Å²) in [5.74, 6) is 0.312. The zero-order chi connectivity index (χ0) is 17.1. The van der Waals surface area contributed by atoms with Gasteiger partial charge in [0, 0.05) is 42.2 Å². The molecule has 2 aromatic rings. The van der Waals surface area contributed by atoms with E-state index in [1.54, 1.807) is 18.2 Å². The van der Waals surface area contributed by atoms with E-state index < -0.39 is 0 Å². The molecule has 24 heavy (non-hydrogen) atoms. The second kappa shape index (κ2) is 7.40. The van der Waals surface area contributed by atoms with Crippen molar-refractivity contribution in [3.63, 3.8) is 0 Å². The number of nitrogens with zero attached hydrogens (tertiary/aromatic N) is 2. The molecule has 0 amide bonds. The minimum absolute atomic E-state index is 0.0514. The van der Waals surface area contributed by atoms with Crippen molar-refractivity contribution >= 4 is 17.5 Å². The van der Waals surface area contributed by atoms with Crippen LogP contribution in [-0.4, -0.2) is 28.8 Å². The maximum absolute atomic E-state index is 12.6. The number of aryl methyl sites for hydroxylation is 1. The van der Waals surface area contributed by atoms with Crippen LogP contribution in [0.4, 0.5) is 0 Å². The molecule has 1 aliphatic heterocycles. The predicted molar refractivity (Wildman–Crippen MR) is 93.3 cm³/mol. The highest BCUT2D eigenvalue weighted by Gasteiger charge is 2.21. The Morgan fingerprint density at radius 2 is 2.29 bits per heavy atom. The zero-order valence-electron chi connectivity index (χ0n) is 14.0. The molecule has 3 heterocycles. The molecule has 0 saturated carbocycles. The van der Waals surface area contributed by atoms with Crippen LogP contribution in [0.3, 0.4) is 0 Å². The molecule has 0 aliphatic carbocycles. The molecular formula is C18H22N2O3S. The van der Waals surface area contributed by atoms with E-state index in [9.17, 15) is 10.0 Å². The number of carbonyl (C=O) groups is 1. The Morgan fingerprint density at radius 3 is 3.00 bits per heavy atom. The molecule has 1 atom stereocenters. The minimum Gasteiger partial charge on any atom is -0.618 e. The smallest absolute Gasteiger partial charge is 0.251 e. The number of ether oxygens (including phenoxy) is 1. The fourth-order valence-electron chi connectivity index (χ4n) is 3.10. The van der Waals surface area contributed by atoms with Gasteiger partial charge in [-0.15, -0.1) is 0 Å². The van der Waals surface area contributed by atoms with Gasteiger partial charge in [0.05, 0.1) is 11.9 Å². The molecule has 0 aromatic carbocycles. The van der Waals surface area contributed by atoms with Gasteiger partial charge in [-0.1, -0.05) is 0 Å². The first-order valence-corrected chi connectivity index (χ1v) is 9.17. The molecule has 0 bridgehead atoms. The van der Waals surface area contributed by atoms with E-state index in [0.717, 1.165) is 47.7 Å². The van der Waals surface area contributed by atoms with Crippen molar-refractivity contribution in [2.45, 2.75) is 44.4 Å². The van der Waals surface area contributed by atoms with Crippen LogP contribution in [0.15, 0.2) is 35.5 Å². The molecule has 5 nitrogen and oxygen atoms in total. The topological polar surface area (TPSA) is 58.2 Å². The molecule has 0 unspecified atom stereocenters. The molecule has 0 spiro atoms. The Bertz CT molecular complexity index is 736. The predicted octanol–water partition coefficient (Wildman–Crippen LogP) is 2.89. The van der Waals surface area contributed by atoms with E-state index in [-0.39, 0.29) is 17.6 Å². The van der Waals surface area contributed by atoms with Gasteiger partial charge in [0.25, 0.3) is 5.03 Å². The van der Waals surface area contributed by atoms with Crippen LogP contribution in [0.1, 0.15) is 34.6 Å². The van der Waals surface area contributed by atoms with Crippen LogP contribution >= 0.6 is 11.8 Å². The van der Waals surface area contributed by atoms with E-state index in [0.29, 0.717) is 5.03 Å². The number of carbonyl (C=O) groups excluding carboxylic acids is 1. The van der Waals surface area contributed by atoms with Crippen LogP contribution in [0.2, 0.25) is 0 Å². The third-order valence-corrected chi connectivity index (χ3v) is 5.44. The van der Waals surface area contributed by atoms with E-state index in [2.05, 4.69) is 4.57 Å². The lowest BCUT2D eigenvalue weighted by Crippen LogP contribution is -2.28. The summed E-state index contributed by atoms with van der Waals surface area (Å²) in [5.41, 5.74) is 2.80. The minimum atomic E-state index is 0.0514. The lowest BCUT2D eigenvalue weighted by atomic mass is 10.2. The lowest BCUT2D eigenvalue weighted by molar-refractivity contribution is -0.645. The van der Waals surface area contributed by atoms with Crippen molar-refractivity contribution in [1.29, 1.82) is 0 Å². The molecule has 6 heteroatoms. The van der Waals surface area contributed by atoms with Gasteiger partial charge in [0.2, 0.25) is 0 Å². The van der Waals surface area contributed by atoms with Crippen molar-refractivity contribution in [2.75, 3.05) is 12.4 Å². The summed E-state index contributed by atoms with van der Waals surface area (Å²) in [6.07, 6.45) is 3.88. The molecule has 2 aromatic heterocycles. The Balaban J connectivity index is 1.69. The third kappa shape index (κ3) is 3.65. The maximum atomic E-state index is 12.6. The van der Waals surface area contributed by atoms with Gasteiger partial charge in [-0.2, -0.15) is 4.73 Å². The number of ketones is 1. The summed E-state index contributed by atoms with van der Waals surface area (Å²) in [6, 6.07) is 7.15. The van der Waals surface area contributed by atoms with E-state index in [1.807, 2.05) is 19.9 Å². The van der Waals surface area contributed by atoms with Crippen molar-refractivity contribution < 1.29 is 14.3 Å². The summed E-state index contributed by atoms with van der Waals surface area (Å²) in [4.78, 5) is 12.6. The molecule has 1 aliphatic rings. The molecule has 1 fully saturated rings. The maximum Gasteiger partial charge on any atom is 0.251 e. The average Bonchev–Trinajstić information content (AvgIpc) is 3.17. The summed E-state index contributed by atoms with van der Waals surface area (Å²) in [5, 5.41) is 12.2. The normalized spacial score (nSPS) is 17.3. The van der Waals surface area contributed by atoms with Crippen molar-refractivity contribution in [1.82, 2.24) is 4.57 Å². The fourth-order valence-corrected chi connectivity index (χ4v) is 3.90. The standard InChI is InChI=1S/C18H22N2O3S/c1-13-10-16(14(2)19(13)11-15-6-5-9-23-15)17(21)12-24-18-7-3-4-8-20(18)22/h3-4,7-8,10,15H,5-6,9,11-12H2,1-2H3/t15-/m0/s1. The summed E-state index contributed by atoms with van der Waals surface area (Å²) in [6.45, 7) is 5.64. The first-order chi connectivity index (χ1) is 11.6. The second-order valence-corrected chi connectivity index (χ2v) is 7.10. The van der Waals surface area contributed by atoms with Gasteiger partial charge in [0.15, 0.2) is 12.0 Å². The van der Waals surface area contributed by atoms with Crippen LogP contribution in [0.5, 0.6) is 0 Å². The van der Waals surface area contributed by atoms with Crippen LogP contribution < -0.4 is 4.73 Å². The van der Waals surface area contributed by atoms with Crippen molar-refractivity contribution in [3.05, 3.63) is 52.6 Å². The Hall–Kier alpha value is -1.79. The molecular weight excluding hydrogens is 324 g/mol. The van der Waals surface area contributed by atoms with E-state index in [4.69, 9.17) is 4.74 Å². The van der Waals surface area contributed by atoms with Crippen LogP contribution in [0, 0.1) is 19.1 Å². The number of Topliss-reactive ketones (excluding diaryl/α,β-unsaturated/α-hetero) is 1. The number of hydrogen-bond donors (Lipinski definition) is 0. The Labute approximate surface area is 146 Å². The molecule has 128 valence electrons. The van der Waals surface area contributed by atoms with E-state index in [1.165, 1.54) is 18.0 Å². The molecule has 0 N–H and O–H groups in total. The number of hydrogen-bond acceptors (Lipinski definition) is 4. The monoisotopic (exact) mass is 346 g/mol. The second-order valence-electron chi connectivity index (χ2n) is 6.11. The number of rotatable bonds is 6. The van der Waals surface area contributed by atoms with Gasteiger partial charge in [0.1, 0.15) is 0 Å². The Kier molecular flexibility index (Phi) is 5.26. The van der Waals surface area contributed by atoms with Gasteiger partial charge in [-0.3, -0.25) is 4.79 Å². The largest absolute Gasteiger partial charge is 0.618 e. The molecule has 0 radical (unpaired) electrons. The van der Waals surface area contributed by atoms with Crippen molar-refractivity contribution in [3.8, 4) is 0 Å². The van der Waals surface area contributed by atoms with Gasteiger partial charge >= 0.3 is 0 Å². The highest BCUT2D eigenvalue weighted by atomic mass is 32.2. The average molecular weight is 346 g/mol. The highest BCUT2D eigenvalue weighted by Crippen LogP contribution is 2.22. The Morgan fingerprint density at radius 1 is 1.46 bits per heavy atom. The highest BCUT2D eigenvalue weighted by molar-refractivity contribution is 7.99. The molecule has 3 rings (SSSR count). The third-order valence-electron chi connectivity index (χ3n) is 4.42. The quantitative estimate of drug-likeness (QED) is 0.349.